The normalized spacial score (nSPS) is 11.6. The predicted octanol–water partition coefficient (Wildman–Crippen LogP) is 4.20. The monoisotopic (exact) mass is 248 g/mol. The van der Waals surface area contributed by atoms with Crippen LogP contribution in [0.2, 0.25) is 0 Å². The molecule has 1 rings (SSSR count). The molecule has 1 nitrogen and oxygen atoms in total. The summed E-state index contributed by atoms with van der Waals surface area (Å²) >= 11 is -0.201. The van der Waals surface area contributed by atoms with Gasteiger partial charge in [-0.15, -0.1) is 0 Å². The molecule has 0 bridgehead atoms. The number of Topliss-reactive ketones (excluding diaryl/α,β-unsaturated/α-hetero) is 1. The van der Waals surface area contributed by atoms with Crippen molar-refractivity contribution < 1.29 is 18.0 Å². The van der Waals surface area contributed by atoms with Gasteiger partial charge in [-0.05, 0) is 36.4 Å². The fourth-order valence-corrected chi connectivity index (χ4v) is 1.87. The van der Waals surface area contributed by atoms with Crippen LogP contribution in [0.3, 0.4) is 0 Å². The molecule has 0 heterocycles. The average Bonchev–Trinajstić information content (AvgIpc) is 2.18. The highest BCUT2D eigenvalue weighted by atomic mass is 32.2. The van der Waals surface area contributed by atoms with Crippen LogP contribution >= 0.6 is 11.8 Å². The van der Waals surface area contributed by atoms with Gasteiger partial charge in [0.05, 0.1) is 0 Å². The number of hydrogen-bond donors (Lipinski definition) is 0. The Morgan fingerprint density at radius 1 is 1.38 bits per heavy atom. The fourth-order valence-electron chi connectivity index (χ4n) is 1.29. The lowest BCUT2D eigenvalue weighted by Crippen LogP contribution is -2.02. The van der Waals surface area contributed by atoms with Crippen molar-refractivity contribution in [1.29, 1.82) is 0 Å². The first kappa shape index (κ1) is 13.1. The molecule has 0 spiro atoms. The van der Waals surface area contributed by atoms with Crippen LogP contribution in [0.5, 0.6) is 0 Å². The van der Waals surface area contributed by atoms with E-state index in [9.17, 15) is 18.0 Å². The zero-order chi connectivity index (χ0) is 12.3. The number of alkyl halides is 3. The van der Waals surface area contributed by atoms with Crippen molar-refractivity contribution in [2.75, 3.05) is 0 Å². The first-order valence-corrected chi connectivity index (χ1v) is 5.54. The van der Waals surface area contributed by atoms with Crippen molar-refractivity contribution in [3.63, 3.8) is 0 Å². The summed E-state index contributed by atoms with van der Waals surface area (Å²) in [7, 11) is 0. The lowest BCUT2D eigenvalue weighted by Gasteiger charge is -2.08. The quantitative estimate of drug-likeness (QED) is 0.589. The van der Waals surface area contributed by atoms with Crippen molar-refractivity contribution in [3.05, 3.63) is 29.3 Å². The minimum atomic E-state index is -4.32. The maximum absolute atomic E-state index is 12.1. The second-order valence-electron chi connectivity index (χ2n) is 3.30. The molecular weight excluding hydrogens is 237 g/mol. The highest BCUT2D eigenvalue weighted by Crippen LogP contribution is 2.37. The number of ketones is 1. The van der Waals surface area contributed by atoms with Crippen LogP contribution in [0.25, 0.3) is 0 Å². The molecule has 5 heteroatoms. The third-order valence-electron chi connectivity index (χ3n) is 2.06. The zero-order valence-electron chi connectivity index (χ0n) is 8.89. The summed E-state index contributed by atoms with van der Waals surface area (Å²) in [4.78, 5) is 11.5. The van der Waals surface area contributed by atoms with Gasteiger partial charge in [0.25, 0.3) is 0 Å². The van der Waals surface area contributed by atoms with Gasteiger partial charge < -0.3 is 0 Å². The van der Waals surface area contributed by atoms with E-state index in [4.69, 9.17) is 0 Å². The van der Waals surface area contributed by atoms with Gasteiger partial charge in [0.15, 0.2) is 5.78 Å². The van der Waals surface area contributed by atoms with E-state index in [0.29, 0.717) is 17.5 Å². The molecule has 1 aromatic rings. The van der Waals surface area contributed by atoms with Gasteiger partial charge in [-0.2, -0.15) is 13.2 Å². The molecule has 0 aliphatic rings. The molecule has 1 aromatic carbocycles. The van der Waals surface area contributed by atoms with E-state index in [1.54, 1.807) is 13.8 Å². The Kier molecular flexibility index (Phi) is 4.02. The summed E-state index contributed by atoms with van der Waals surface area (Å²) < 4.78 is 36.4. The second-order valence-corrected chi connectivity index (χ2v) is 4.44. The van der Waals surface area contributed by atoms with E-state index < -0.39 is 5.51 Å². The van der Waals surface area contributed by atoms with Gasteiger partial charge in [0.1, 0.15) is 0 Å². The van der Waals surface area contributed by atoms with Gasteiger partial charge >= 0.3 is 5.51 Å². The summed E-state index contributed by atoms with van der Waals surface area (Å²) in [5.41, 5.74) is -3.24. The Bertz CT molecular complexity index is 399. The predicted molar refractivity (Wildman–Crippen MR) is 57.7 cm³/mol. The number of halogens is 3. The minimum absolute atomic E-state index is 0.0508. The summed E-state index contributed by atoms with van der Waals surface area (Å²) in [6.45, 7) is 3.40. The van der Waals surface area contributed by atoms with Crippen molar-refractivity contribution in [3.8, 4) is 0 Å². The summed E-state index contributed by atoms with van der Waals surface area (Å²) in [5.74, 6) is -0.137. The molecule has 0 atom stereocenters. The van der Waals surface area contributed by atoms with Crippen molar-refractivity contribution in [2.45, 2.75) is 30.7 Å². The number of hydrogen-bond acceptors (Lipinski definition) is 2. The van der Waals surface area contributed by atoms with Gasteiger partial charge in [-0.3, -0.25) is 4.79 Å². The molecule has 0 aromatic heterocycles. The lowest BCUT2D eigenvalue weighted by molar-refractivity contribution is -0.0328. The second kappa shape index (κ2) is 4.91. The maximum Gasteiger partial charge on any atom is 0.446 e. The molecule has 0 saturated carbocycles. The molecule has 0 unspecified atom stereocenters. The van der Waals surface area contributed by atoms with Crippen LogP contribution in [0, 0.1) is 6.92 Å². The molecule has 16 heavy (non-hydrogen) atoms. The third kappa shape index (κ3) is 3.56. The zero-order valence-corrected chi connectivity index (χ0v) is 9.71. The SMILES string of the molecule is CCC(=O)c1cc(SC(F)(F)F)ccc1C. The molecule has 0 fully saturated rings. The van der Waals surface area contributed by atoms with Crippen LogP contribution < -0.4 is 0 Å². The summed E-state index contributed by atoms with van der Waals surface area (Å²) in [6.07, 6.45) is 0.293. The molecule has 0 saturated heterocycles. The number of carbonyl (C=O) groups excluding carboxylic acids is 1. The van der Waals surface area contributed by atoms with E-state index in [1.807, 2.05) is 0 Å². The van der Waals surface area contributed by atoms with Crippen molar-refractivity contribution >= 4 is 17.5 Å². The number of thioether (sulfide) groups is 1. The molecule has 0 N–H and O–H groups in total. The molecule has 88 valence electrons. The van der Waals surface area contributed by atoms with E-state index in [0.717, 1.165) is 0 Å². The van der Waals surface area contributed by atoms with Gasteiger partial charge in [0.2, 0.25) is 0 Å². The van der Waals surface area contributed by atoms with Crippen LogP contribution in [0.4, 0.5) is 13.2 Å². The molecular formula is C11H11F3OS. The lowest BCUT2D eigenvalue weighted by atomic mass is 10.0. The van der Waals surface area contributed by atoms with Gasteiger partial charge in [-0.25, -0.2) is 0 Å². The number of aryl methyl sites for hydroxylation is 1. The Morgan fingerprint density at radius 2 is 2.00 bits per heavy atom. The topological polar surface area (TPSA) is 17.1 Å². The van der Waals surface area contributed by atoms with Crippen LogP contribution in [-0.4, -0.2) is 11.3 Å². The molecule has 0 radical (unpaired) electrons. The minimum Gasteiger partial charge on any atom is -0.294 e. The highest BCUT2D eigenvalue weighted by molar-refractivity contribution is 8.00. The Hall–Kier alpha value is -0.970. The smallest absolute Gasteiger partial charge is 0.294 e. The van der Waals surface area contributed by atoms with Crippen molar-refractivity contribution in [2.24, 2.45) is 0 Å². The number of carbonyl (C=O) groups is 1. The number of rotatable bonds is 3. The van der Waals surface area contributed by atoms with E-state index in [2.05, 4.69) is 0 Å². The van der Waals surface area contributed by atoms with Crippen LogP contribution in [0.15, 0.2) is 23.1 Å². The maximum atomic E-state index is 12.1. The Balaban J connectivity index is 3.03. The largest absolute Gasteiger partial charge is 0.446 e. The van der Waals surface area contributed by atoms with Gasteiger partial charge in [0, 0.05) is 16.9 Å². The van der Waals surface area contributed by atoms with E-state index >= 15 is 0 Å². The van der Waals surface area contributed by atoms with Crippen LogP contribution in [-0.2, 0) is 0 Å². The standard InChI is InChI=1S/C11H11F3OS/c1-3-10(15)9-6-8(5-4-7(9)2)16-11(12,13)14/h4-6H,3H2,1-2H3. The Labute approximate surface area is 96.0 Å². The third-order valence-corrected chi connectivity index (χ3v) is 2.79. The van der Waals surface area contributed by atoms with E-state index in [-0.39, 0.29) is 22.4 Å². The number of benzene rings is 1. The first-order valence-electron chi connectivity index (χ1n) is 4.73. The molecule has 0 amide bonds. The Morgan fingerprint density at radius 3 is 2.50 bits per heavy atom. The summed E-state index contributed by atoms with van der Waals surface area (Å²) in [5, 5.41) is 0. The molecule has 0 aliphatic heterocycles. The van der Waals surface area contributed by atoms with Gasteiger partial charge in [-0.1, -0.05) is 13.0 Å². The molecule has 0 aliphatic carbocycles. The van der Waals surface area contributed by atoms with E-state index in [1.165, 1.54) is 18.2 Å². The van der Waals surface area contributed by atoms with Crippen LogP contribution in [0.1, 0.15) is 29.3 Å². The first-order chi connectivity index (χ1) is 7.33. The average molecular weight is 248 g/mol. The summed E-state index contributed by atoms with van der Waals surface area (Å²) in [6, 6.07) is 4.22. The highest BCUT2D eigenvalue weighted by Gasteiger charge is 2.29. The fraction of sp³-hybridized carbons (Fsp3) is 0.364. The van der Waals surface area contributed by atoms with Crippen molar-refractivity contribution in [1.82, 2.24) is 0 Å².